The predicted octanol–water partition coefficient (Wildman–Crippen LogP) is 26.0. The van der Waals surface area contributed by atoms with E-state index in [0.717, 1.165) is 47.0 Å². The smallest absolute Gasteiger partial charge is 0.537 e. The highest BCUT2D eigenvalue weighted by Gasteiger charge is 2.37. The molecule has 0 spiro atoms. The van der Waals surface area contributed by atoms with E-state index in [0.29, 0.717) is 85.6 Å². The molecule has 12 aromatic carbocycles. The Hall–Kier alpha value is -15.2. The van der Waals surface area contributed by atoms with Gasteiger partial charge in [0.1, 0.15) is 74.7 Å². The number of aromatic carboxylic acids is 2. The van der Waals surface area contributed by atoms with Gasteiger partial charge in [0.25, 0.3) is 17.6 Å². The van der Waals surface area contributed by atoms with E-state index in [1.165, 1.54) is 106 Å². The van der Waals surface area contributed by atoms with E-state index >= 15 is 0 Å². The average Bonchev–Trinajstić information content (AvgIpc) is 1.61. The summed E-state index contributed by atoms with van der Waals surface area (Å²) in [7, 11) is 3.71. The first-order chi connectivity index (χ1) is 67.6. The van der Waals surface area contributed by atoms with Crippen LogP contribution in [0.2, 0.25) is 25.1 Å². The Morgan fingerprint density at radius 1 is 0.378 bits per heavy atom. The van der Waals surface area contributed by atoms with Crippen molar-refractivity contribution < 1.29 is 162 Å². The van der Waals surface area contributed by atoms with Crippen molar-refractivity contribution in [2.45, 2.75) is 51.8 Å². The summed E-state index contributed by atoms with van der Waals surface area (Å²) in [5.74, 6) is -2.73. The second kappa shape index (κ2) is 49.8. The van der Waals surface area contributed by atoms with Crippen molar-refractivity contribution in [3.63, 3.8) is 0 Å². The number of carbonyl (C=O) groups is 3. The Morgan fingerprint density at radius 2 is 0.671 bits per heavy atom. The van der Waals surface area contributed by atoms with Gasteiger partial charge in [-0.25, -0.2) is 28.8 Å². The highest BCUT2D eigenvalue weighted by Crippen LogP contribution is 2.42. The summed E-state index contributed by atoms with van der Waals surface area (Å²) >= 11 is 32.0. The number of rotatable bonds is 27. The van der Waals surface area contributed by atoms with Crippen molar-refractivity contribution in [1.82, 2.24) is 45.4 Å². The first-order valence-corrected chi connectivity index (χ1v) is 42.4. The zero-order valence-electron chi connectivity index (χ0n) is 72.4. The van der Waals surface area contributed by atoms with E-state index in [1.54, 1.807) is 142 Å². The fourth-order valence-corrected chi connectivity index (χ4v) is 13.3. The van der Waals surface area contributed by atoms with Gasteiger partial charge in [-0.05, 0) is 226 Å². The Balaban J connectivity index is 0.000000185. The van der Waals surface area contributed by atoms with Crippen LogP contribution in [0.25, 0.3) is 44.5 Å². The molecule has 0 aliphatic rings. The molecule has 0 saturated carbocycles. The third-order valence-corrected chi connectivity index (χ3v) is 19.9. The van der Waals surface area contributed by atoms with Gasteiger partial charge < -0.3 is 82.2 Å². The van der Waals surface area contributed by atoms with Crippen molar-refractivity contribution in [1.29, 1.82) is 0 Å². The molecule has 0 amide bonds. The molecule has 0 fully saturated rings. The van der Waals surface area contributed by atoms with Crippen LogP contribution in [0.5, 0.6) is 92.4 Å². The molecule has 6 N–H and O–H groups in total. The number of nitrogens with zero attached hydrogens (tertiary/aromatic N) is 8. The molecule has 29 nitrogen and oxygen atoms in total. The predicted molar refractivity (Wildman–Crippen MR) is 489 cm³/mol. The first kappa shape index (κ1) is 110. The number of hydrogen-bond acceptors (Lipinski definition) is 24. The van der Waals surface area contributed by atoms with Gasteiger partial charge in [-0.15, -0.1) is 76.1 Å². The van der Waals surface area contributed by atoms with Gasteiger partial charge in [-0.2, -0.15) is 0 Å². The van der Waals surface area contributed by atoms with E-state index < -0.39 is 78.5 Å². The van der Waals surface area contributed by atoms with Crippen LogP contribution in [0.1, 0.15) is 49.5 Å². The molecule has 0 unspecified atom stereocenters. The molecule has 0 saturated heterocycles. The van der Waals surface area contributed by atoms with Crippen LogP contribution in [-0.2, 0) is 17.8 Å². The number of halogens is 21. The van der Waals surface area contributed by atoms with Gasteiger partial charge in [0, 0.05) is 4.47 Å². The average molecular weight is 2170 g/mol. The fourth-order valence-electron chi connectivity index (χ4n) is 11.7. The standard InChI is InChI=1S/C26H21ClF3N3O5.C24H17ClF3N3O5.C16H9ClF3N3O4.C13H8ClF3O2.C7H3BrClF3O.C6H6BO3/c1-3-36-25(34)23-24(33(32-31-23)15-16-4-9-19(35-2)10-5-16)37-20-11-6-17(7-12-20)18-8-13-22(21(27)14-18)38-26(28,29)30;1-34-17-7-2-14(3-8-17)13-31-22(21(23(32)33)29-30-31)35-18-9-4-15(5-10-18)16-6-11-20(19(25)12-16)36-24(26,27)28;17-11-7-9(3-6-12(11)27-16(18,19)20)8-1-4-10(5-2-8)26-14-13(15(24)25)21-23-22-14;14-11-7-9(8-1-4-10(18)5-2-8)3-6-12(11)19-13(15,16)17;8-4-1-2-6(5(9)3-4)13-7(10,11)12;8-5-1-3-6(4-2-5)10-7-9/h4-14H,3,15H2,1-2H3;2-12H,13H2,1H3,(H,32,33);1-7H,(H,24,25)(H,21,22,23);1-7,18H;1-3H;1-4,8-9H. The van der Waals surface area contributed by atoms with Crippen LogP contribution in [0.3, 0.4) is 0 Å². The summed E-state index contributed by atoms with van der Waals surface area (Å²) < 4.78 is 243. The molecule has 0 aliphatic heterocycles. The summed E-state index contributed by atoms with van der Waals surface area (Å²) in [6.45, 7) is 2.28. The zero-order chi connectivity index (χ0) is 104. The van der Waals surface area contributed by atoms with Gasteiger partial charge >= 0.3 is 57.4 Å². The molecule has 15 rings (SSSR count). The summed E-state index contributed by atoms with van der Waals surface area (Å²) in [6.07, 6.45) is -24.0. The van der Waals surface area contributed by atoms with E-state index in [2.05, 4.69) is 80.3 Å². The molecule has 15 aromatic rings. The van der Waals surface area contributed by atoms with E-state index in [1.807, 2.05) is 12.1 Å². The molecule has 143 heavy (non-hydrogen) atoms. The molecule has 0 bridgehead atoms. The Kier molecular flexibility index (Phi) is 38.2. The first-order valence-electron chi connectivity index (χ1n) is 39.7. The van der Waals surface area contributed by atoms with Crippen LogP contribution < -0.4 is 52.0 Å². The zero-order valence-corrected chi connectivity index (χ0v) is 77.8. The van der Waals surface area contributed by atoms with E-state index in [-0.39, 0.29) is 91.0 Å². The molecule has 3 heterocycles. The summed E-state index contributed by atoms with van der Waals surface area (Å²) in [4.78, 5) is 35.1. The molecule has 747 valence electrons. The molecule has 0 atom stereocenters. The normalized spacial score (nSPS) is 11.1. The number of nitrogens with one attached hydrogen (secondary N) is 1. The lowest BCUT2D eigenvalue weighted by Gasteiger charge is -2.12. The van der Waals surface area contributed by atoms with Crippen molar-refractivity contribution in [2.24, 2.45) is 0 Å². The largest absolute Gasteiger partial charge is 0.573 e. The van der Waals surface area contributed by atoms with Gasteiger partial charge in [0.05, 0.1) is 59.0 Å². The summed E-state index contributed by atoms with van der Waals surface area (Å²) in [6, 6.07) is 65.6. The number of hydrogen-bond donors (Lipinski definition) is 6. The van der Waals surface area contributed by atoms with E-state index in [4.69, 9.17) is 107 Å². The number of H-pyrrole nitrogens is 1. The Morgan fingerprint density at radius 3 is 0.979 bits per heavy atom. The number of carboxylic acid groups (broad SMARTS) is 2. The number of carbonyl (C=O) groups excluding carboxylic acids is 1. The Bertz CT molecular complexity index is 6790. The minimum Gasteiger partial charge on any atom is -0.537 e. The number of methoxy groups -OCH3 is 2. The summed E-state index contributed by atoms with van der Waals surface area (Å²) in [5, 5.41) is 68.5. The number of aromatic hydroxyl groups is 2. The van der Waals surface area contributed by atoms with Crippen LogP contribution >= 0.6 is 73.9 Å². The number of phenols is 2. The van der Waals surface area contributed by atoms with Crippen molar-refractivity contribution in [2.75, 3.05) is 20.8 Å². The number of ether oxygens (including phenoxy) is 11. The SMILES string of the molecule is CCOC(=O)c1nnn(Cc2ccc(OC)cc2)c1Oc1ccc(-c2ccc(OC(F)(F)F)c(Cl)c2)cc1.COc1ccc(Cn2nnc(C(=O)O)c2Oc2ccc(-c3ccc(OC(F)(F)F)c(Cl)c3)cc2)cc1.FC(F)(F)Oc1ccc(Br)cc1Cl.O=C(O)c1[nH]nnc1Oc1ccc(-c2ccc(OC(F)(F)F)c(Cl)c2)cc1.O[B]Oc1ccc(O)cc1.Oc1ccc(-c2ccc(OC(F)(F)F)c(Cl)c2)cc1. The molecule has 3 aromatic heterocycles. The quantitative estimate of drug-likeness (QED) is 0.0158. The summed E-state index contributed by atoms with van der Waals surface area (Å²) in [5.41, 5.74) is 5.86. The lowest BCUT2D eigenvalue weighted by molar-refractivity contribution is -0.275. The third-order valence-electron chi connectivity index (χ3n) is 17.9. The lowest BCUT2D eigenvalue weighted by atomic mass is 10.1. The van der Waals surface area contributed by atoms with Gasteiger partial charge in [0.2, 0.25) is 17.1 Å². The minimum atomic E-state index is -4.85. The maximum Gasteiger partial charge on any atom is 0.573 e. The number of carboxylic acids is 2. The minimum absolute atomic E-state index is 0.0669. The van der Waals surface area contributed by atoms with Crippen LogP contribution in [0.4, 0.5) is 65.9 Å². The molecule has 1 radical (unpaired) electrons. The number of esters is 1. The van der Waals surface area contributed by atoms with E-state index in [9.17, 15) is 85.3 Å². The topological polar surface area (TPSA) is 366 Å². The molecule has 51 heteroatoms. The highest BCUT2D eigenvalue weighted by molar-refractivity contribution is 9.10. The van der Waals surface area contributed by atoms with Crippen LogP contribution in [-0.4, -0.2) is 149 Å². The second-order valence-electron chi connectivity index (χ2n) is 27.9. The monoisotopic (exact) mass is 2160 g/mol. The number of benzene rings is 12. The molecular formula is C92H64BBrCl5F15N9O20. The number of aromatic amines is 1. The molecule has 0 aliphatic carbocycles. The maximum atomic E-state index is 12.5. The molecular weight excluding hydrogens is 2100 g/mol. The highest BCUT2D eigenvalue weighted by atomic mass is 79.9. The van der Waals surface area contributed by atoms with Gasteiger partial charge in [0.15, 0.2) is 0 Å². The van der Waals surface area contributed by atoms with Gasteiger partial charge in [-0.1, -0.05) is 192 Å². The van der Waals surface area contributed by atoms with Crippen molar-refractivity contribution in [3.8, 4) is 137 Å². The third kappa shape index (κ3) is 34.6. The lowest BCUT2D eigenvalue weighted by Crippen LogP contribution is -2.17. The van der Waals surface area contributed by atoms with Crippen molar-refractivity contribution in [3.05, 3.63) is 319 Å². The van der Waals surface area contributed by atoms with Gasteiger partial charge in [-0.3, -0.25) is 0 Å². The number of phenolic OH excluding ortho intramolecular Hbond substituents is 2. The van der Waals surface area contributed by atoms with Crippen LogP contribution in [0.15, 0.2) is 265 Å². The number of aromatic nitrogens is 9. The van der Waals surface area contributed by atoms with Crippen LogP contribution in [0, 0.1) is 0 Å². The second-order valence-corrected chi connectivity index (χ2v) is 30.8. The maximum absolute atomic E-state index is 12.5. The number of alkyl halides is 15. The fraction of sp³-hybridized carbons (Fsp3) is 0.120. The Labute approximate surface area is 830 Å². The van der Waals surface area contributed by atoms with Crippen molar-refractivity contribution >= 4 is 99.5 Å².